The van der Waals surface area contributed by atoms with Crippen LogP contribution in [-0.2, 0) is 6.54 Å². The number of aromatic nitrogens is 5. The van der Waals surface area contributed by atoms with Crippen molar-refractivity contribution < 1.29 is 4.79 Å². The second kappa shape index (κ2) is 7.02. The zero-order valence-corrected chi connectivity index (χ0v) is 13.9. The molecular weight excluding hydrogens is 328 g/mol. The van der Waals surface area contributed by atoms with Gasteiger partial charge in [-0.3, -0.25) is 4.79 Å². The summed E-state index contributed by atoms with van der Waals surface area (Å²) in [5.41, 5.74) is 2.88. The van der Waals surface area contributed by atoms with Crippen molar-refractivity contribution in [1.29, 1.82) is 0 Å². The number of nitrogens with one attached hydrogen (secondary N) is 1. The van der Waals surface area contributed by atoms with E-state index < -0.39 is 0 Å². The molecule has 128 valence electrons. The summed E-state index contributed by atoms with van der Waals surface area (Å²) in [6.07, 6.45) is 7.00. The number of hydrogen-bond acceptors (Lipinski definition) is 4. The largest absolute Gasteiger partial charge is 0.333 e. The molecule has 0 spiro atoms. The number of nitrogens with zero attached hydrogens (tertiary/aromatic N) is 5. The van der Waals surface area contributed by atoms with Gasteiger partial charge in [-0.2, -0.15) is 0 Å². The molecule has 0 saturated carbocycles. The van der Waals surface area contributed by atoms with Gasteiger partial charge in [0.2, 0.25) is 0 Å². The quantitative estimate of drug-likeness (QED) is 0.604. The Morgan fingerprint density at radius 2 is 1.96 bits per heavy atom. The Morgan fingerprint density at radius 3 is 2.77 bits per heavy atom. The van der Waals surface area contributed by atoms with Crippen LogP contribution < -0.4 is 5.32 Å². The molecule has 7 nitrogen and oxygen atoms in total. The van der Waals surface area contributed by atoms with Gasteiger partial charge >= 0.3 is 0 Å². The van der Waals surface area contributed by atoms with Crippen LogP contribution >= 0.6 is 0 Å². The summed E-state index contributed by atoms with van der Waals surface area (Å²) < 4.78 is 3.54. The Balaban J connectivity index is 1.47. The van der Waals surface area contributed by atoms with Gasteiger partial charge in [-0.05, 0) is 29.8 Å². The normalized spacial score (nSPS) is 10.6. The minimum absolute atomic E-state index is 0.258. The zero-order chi connectivity index (χ0) is 17.8. The summed E-state index contributed by atoms with van der Waals surface area (Å²) in [4.78, 5) is 16.5. The third kappa shape index (κ3) is 3.51. The monoisotopic (exact) mass is 344 g/mol. The molecule has 0 bridgehead atoms. The molecule has 0 atom stereocenters. The van der Waals surface area contributed by atoms with E-state index in [0.717, 1.165) is 11.3 Å². The van der Waals surface area contributed by atoms with Crippen LogP contribution in [0.3, 0.4) is 0 Å². The molecule has 4 aromatic rings. The van der Waals surface area contributed by atoms with Crippen LogP contribution in [0.2, 0.25) is 0 Å². The van der Waals surface area contributed by atoms with Crippen LogP contribution in [0.15, 0.2) is 79.5 Å². The zero-order valence-electron chi connectivity index (χ0n) is 13.9. The maximum Gasteiger partial charge on any atom is 0.277 e. The molecule has 0 aliphatic carbocycles. The predicted molar refractivity (Wildman–Crippen MR) is 97.1 cm³/mol. The molecule has 7 heteroatoms. The Hall–Kier alpha value is -3.74. The Labute approximate surface area is 149 Å². The summed E-state index contributed by atoms with van der Waals surface area (Å²) in [5.74, 6) is -0.299. The van der Waals surface area contributed by atoms with E-state index >= 15 is 0 Å². The van der Waals surface area contributed by atoms with E-state index in [0.29, 0.717) is 12.2 Å². The van der Waals surface area contributed by atoms with Crippen LogP contribution in [-0.4, -0.2) is 30.5 Å². The highest BCUT2D eigenvalue weighted by molar-refractivity contribution is 6.02. The first-order valence-corrected chi connectivity index (χ1v) is 8.12. The molecular formula is C19H16N6O. The van der Waals surface area contributed by atoms with Gasteiger partial charge in [-0.25, -0.2) is 9.67 Å². The average molecular weight is 344 g/mol. The summed E-state index contributed by atoms with van der Waals surface area (Å²) >= 11 is 0. The van der Waals surface area contributed by atoms with Gasteiger partial charge in [-0.15, -0.1) is 5.10 Å². The maximum atomic E-state index is 12.4. The summed E-state index contributed by atoms with van der Waals surface area (Å²) in [7, 11) is 0. The van der Waals surface area contributed by atoms with Crippen LogP contribution in [0.25, 0.3) is 5.69 Å². The summed E-state index contributed by atoms with van der Waals surface area (Å²) in [6, 6.07) is 17.2. The van der Waals surface area contributed by atoms with Gasteiger partial charge in [0.15, 0.2) is 5.69 Å². The highest BCUT2D eigenvalue weighted by Crippen LogP contribution is 2.13. The van der Waals surface area contributed by atoms with E-state index in [2.05, 4.69) is 20.6 Å². The lowest BCUT2D eigenvalue weighted by atomic mass is 10.2. The fraction of sp³-hybridized carbons (Fsp3) is 0.0526. The maximum absolute atomic E-state index is 12.4. The van der Waals surface area contributed by atoms with Crippen LogP contribution in [0.1, 0.15) is 16.1 Å². The highest BCUT2D eigenvalue weighted by Gasteiger charge is 2.12. The third-order valence-corrected chi connectivity index (χ3v) is 3.86. The first kappa shape index (κ1) is 15.8. The SMILES string of the molecule is O=C(Nc1cccc(Cn2ccnc2)c1)c1cn(-c2ccccc2)nn1. The lowest BCUT2D eigenvalue weighted by molar-refractivity contribution is 0.102. The van der Waals surface area contributed by atoms with Gasteiger partial charge in [-0.1, -0.05) is 35.5 Å². The van der Waals surface area contributed by atoms with E-state index in [-0.39, 0.29) is 11.6 Å². The predicted octanol–water partition coefficient (Wildman–Crippen LogP) is 2.76. The molecule has 0 aliphatic rings. The Morgan fingerprint density at radius 1 is 1.08 bits per heavy atom. The molecule has 2 heterocycles. The fourth-order valence-corrected chi connectivity index (χ4v) is 2.61. The van der Waals surface area contributed by atoms with E-state index in [1.54, 1.807) is 23.4 Å². The molecule has 4 rings (SSSR count). The molecule has 1 amide bonds. The molecule has 0 unspecified atom stereocenters. The van der Waals surface area contributed by atoms with Gasteiger partial charge in [0, 0.05) is 24.6 Å². The number of anilines is 1. The minimum Gasteiger partial charge on any atom is -0.333 e. The van der Waals surface area contributed by atoms with Crippen molar-refractivity contribution in [2.24, 2.45) is 0 Å². The molecule has 0 saturated heterocycles. The van der Waals surface area contributed by atoms with Crippen LogP contribution in [0.5, 0.6) is 0 Å². The summed E-state index contributed by atoms with van der Waals surface area (Å²) in [5, 5.41) is 10.8. The van der Waals surface area contributed by atoms with E-state index in [1.165, 1.54) is 0 Å². The van der Waals surface area contributed by atoms with Crippen molar-refractivity contribution in [2.45, 2.75) is 6.54 Å². The molecule has 26 heavy (non-hydrogen) atoms. The van der Waals surface area contributed by atoms with Gasteiger partial charge in [0.25, 0.3) is 5.91 Å². The molecule has 0 radical (unpaired) electrons. The number of benzene rings is 2. The Bertz CT molecular complexity index is 1010. The van der Waals surface area contributed by atoms with Crippen LogP contribution in [0, 0.1) is 0 Å². The van der Waals surface area contributed by atoms with Crippen molar-refractivity contribution in [3.8, 4) is 5.69 Å². The number of para-hydroxylation sites is 1. The average Bonchev–Trinajstić information content (AvgIpc) is 3.35. The van der Waals surface area contributed by atoms with Crippen molar-refractivity contribution in [3.63, 3.8) is 0 Å². The standard InChI is InChI=1S/C19H16N6O/c26-19(18-13-25(23-22-18)17-7-2-1-3-8-17)21-16-6-4-5-15(11-16)12-24-10-9-20-14-24/h1-11,13-14H,12H2,(H,21,26). The first-order chi connectivity index (χ1) is 12.8. The second-order valence-electron chi connectivity index (χ2n) is 5.77. The third-order valence-electron chi connectivity index (χ3n) is 3.86. The molecule has 0 fully saturated rings. The minimum atomic E-state index is -0.299. The first-order valence-electron chi connectivity index (χ1n) is 8.12. The number of rotatable bonds is 5. The number of carbonyl (C=O) groups is 1. The number of carbonyl (C=O) groups excluding carboxylic acids is 1. The molecule has 1 N–H and O–H groups in total. The molecule has 0 aliphatic heterocycles. The van der Waals surface area contributed by atoms with Gasteiger partial charge in [0.05, 0.1) is 18.2 Å². The van der Waals surface area contributed by atoms with E-state index in [1.807, 2.05) is 65.4 Å². The van der Waals surface area contributed by atoms with E-state index in [9.17, 15) is 4.79 Å². The highest BCUT2D eigenvalue weighted by atomic mass is 16.2. The fourth-order valence-electron chi connectivity index (χ4n) is 2.61. The van der Waals surface area contributed by atoms with Gasteiger partial charge in [0.1, 0.15) is 0 Å². The molecule has 2 aromatic heterocycles. The number of amides is 1. The topological polar surface area (TPSA) is 77.6 Å². The lowest BCUT2D eigenvalue weighted by Gasteiger charge is -2.07. The Kier molecular flexibility index (Phi) is 4.26. The smallest absolute Gasteiger partial charge is 0.277 e. The summed E-state index contributed by atoms with van der Waals surface area (Å²) in [6.45, 7) is 0.688. The molecule has 2 aromatic carbocycles. The number of imidazole rings is 1. The van der Waals surface area contributed by atoms with Gasteiger partial charge < -0.3 is 9.88 Å². The lowest BCUT2D eigenvalue weighted by Crippen LogP contribution is -2.12. The number of hydrogen-bond donors (Lipinski definition) is 1. The van der Waals surface area contributed by atoms with Crippen LogP contribution in [0.4, 0.5) is 5.69 Å². The van der Waals surface area contributed by atoms with Crippen molar-refractivity contribution in [1.82, 2.24) is 24.5 Å². The second-order valence-corrected chi connectivity index (χ2v) is 5.77. The van der Waals surface area contributed by atoms with Crippen molar-refractivity contribution >= 4 is 11.6 Å². The van der Waals surface area contributed by atoms with E-state index in [4.69, 9.17) is 0 Å². The van der Waals surface area contributed by atoms with Crippen molar-refractivity contribution in [3.05, 3.63) is 90.8 Å². The van der Waals surface area contributed by atoms with Crippen molar-refractivity contribution in [2.75, 3.05) is 5.32 Å².